The minimum Gasteiger partial charge on any atom is -0.508 e. The number of rotatable bonds is 12. The van der Waals surface area contributed by atoms with Gasteiger partial charge in [-0.15, -0.1) is 0 Å². The zero-order chi connectivity index (χ0) is 29.5. The molecule has 5 atom stereocenters. The number of nitrogens with one attached hydrogen (secondary N) is 2. The van der Waals surface area contributed by atoms with Gasteiger partial charge in [0.05, 0.1) is 18.2 Å². The Hall–Kier alpha value is -2.90. The lowest BCUT2D eigenvalue weighted by Gasteiger charge is -2.31. The van der Waals surface area contributed by atoms with Gasteiger partial charge in [0.25, 0.3) is 0 Å². The molecule has 0 aliphatic heterocycles. The summed E-state index contributed by atoms with van der Waals surface area (Å²) >= 11 is 0. The lowest BCUT2D eigenvalue weighted by molar-refractivity contribution is -0.128. The second kappa shape index (κ2) is 14.5. The Labute approximate surface area is 250 Å². The van der Waals surface area contributed by atoms with E-state index in [0.29, 0.717) is 18.8 Å². The molecule has 0 saturated heterocycles. The summed E-state index contributed by atoms with van der Waals surface area (Å²) in [5, 5.41) is 38.6. The predicted molar refractivity (Wildman–Crippen MR) is 163 cm³/mol. The lowest BCUT2D eigenvalue weighted by atomic mass is 9.77. The first kappa shape index (κ1) is 30.6. The van der Waals surface area contributed by atoms with E-state index >= 15 is 0 Å². The number of amides is 2. The maximum atomic E-state index is 13.9. The van der Waals surface area contributed by atoms with Crippen LogP contribution in [0.5, 0.6) is 5.75 Å². The van der Waals surface area contributed by atoms with Crippen LogP contribution in [0.1, 0.15) is 99.8 Å². The highest BCUT2D eigenvalue weighted by Crippen LogP contribution is 2.35. The molecule has 2 fully saturated rings. The molecule has 0 unspecified atom stereocenters. The first-order valence-electron chi connectivity index (χ1n) is 16.2. The lowest BCUT2D eigenvalue weighted by Crippen LogP contribution is -2.41. The van der Waals surface area contributed by atoms with E-state index in [1.54, 1.807) is 24.3 Å². The fraction of sp³-hybridized carbons (Fsp3) is 0.600. The molecule has 7 heteroatoms. The normalized spacial score (nSPS) is 23.2. The Balaban J connectivity index is 1.32. The van der Waals surface area contributed by atoms with E-state index < -0.39 is 24.2 Å². The van der Waals surface area contributed by atoms with Crippen LogP contribution in [0.15, 0.2) is 48.5 Å². The van der Waals surface area contributed by atoms with Crippen LogP contribution in [0.2, 0.25) is 0 Å². The van der Waals surface area contributed by atoms with Crippen LogP contribution in [0.4, 0.5) is 0 Å². The maximum Gasteiger partial charge on any atom is 0.224 e. The monoisotopic (exact) mass is 576 g/mol. The largest absolute Gasteiger partial charge is 0.508 e. The molecule has 2 amide bonds. The molecule has 0 heterocycles. The average Bonchev–Trinajstić information content (AvgIpc) is 3.61. The van der Waals surface area contributed by atoms with Gasteiger partial charge in [-0.3, -0.25) is 9.59 Å². The Morgan fingerprint density at radius 3 is 2.31 bits per heavy atom. The molecular formula is C35H48N2O5. The highest BCUT2D eigenvalue weighted by atomic mass is 16.3. The molecule has 0 bridgehead atoms. The van der Waals surface area contributed by atoms with Gasteiger partial charge < -0.3 is 26.0 Å². The summed E-state index contributed by atoms with van der Waals surface area (Å²) in [4.78, 5) is 27.0. The standard InChI is InChI=1S/C35H48N2O5/c38-29-16-14-24(15-17-29)19-27(35(42)37-34-30-13-7-4-10-25(30)20-32(34)40)21-31(39)26(18-23-8-2-1-3-9-23)22-33(41)36-28-11-5-6-12-28/h4,7,10,13-17,23,26-28,31-32,34,38-40H,1-3,5-6,8-9,11-12,18-22H2,(H,36,41)(H,37,42)/t26-,27-,31+,32-,34+/m1/s1. The summed E-state index contributed by atoms with van der Waals surface area (Å²) in [6.07, 6.45) is 10.9. The van der Waals surface area contributed by atoms with Crippen LogP contribution >= 0.6 is 0 Å². The zero-order valence-corrected chi connectivity index (χ0v) is 24.7. The second-order valence-electron chi connectivity index (χ2n) is 13.1. The van der Waals surface area contributed by atoms with Gasteiger partial charge in [-0.1, -0.05) is 81.3 Å². The third-order valence-electron chi connectivity index (χ3n) is 9.89. The van der Waals surface area contributed by atoms with Gasteiger partial charge in [-0.25, -0.2) is 0 Å². The van der Waals surface area contributed by atoms with Crippen molar-refractivity contribution in [1.29, 1.82) is 0 Å². The van der Waals surface area contributed by atoms with Crippen molar-refractivity contribution in [2.75, 3.05) is 0 Å². The van der Waals surface area contributed by atoms with E-state index in [-0.39, 0.29) is 42.4 Å². The summed E-state index contributed by atoms with van der Waals surface area (Å²) in [5.74, 6) is -0.334. The number of aliphatic hydroxyl groups is 2. The molecule has 2 saturated carbocycles. The maximum absolute atomic E-state index is 13.9. The van der Waals surface area contributed by atoms with Gasteiger partial charge in [-0.05, 0) is 72.8 Å². The molecule has 5 rings (SSSR count). The van der Waals surface area contributed by atoms with Crippen molar-refractivity contribution in [2.24, 2.45) is 17.8 Å². The highest BCUT2D eigenvalue weighted by Gasteiger charge is 2.36. The molecule has 42 heavy (non-hydrogen) atoms. The van der Waals surface area contributed by atoms with Crippen LogP contribution in [0.25, 0.3) is 0 Å². The molecule has 2 aromatic carbocycles. The average molecular weight is 577 g/mol. The van der Waals surface area contributed by atoms with Gasteiger partial charge in [0.1, 0.15) is 5.75 Å². The number of benzene rings is 2. The van der Waals surface area contributed by atoms with Crippen LogP contribution in [-0.4, -0.2) is 45.4 Å². The number of hydrogen-bond acceptors (Lipinski definition) is 5. The van der Waals surface area contributed by atoms with Gasteiger partial charge in [0.2, 0.25) is 11.8 Å². The van der Waals surface area contributed by atoms with Crippen molar-refractivity contribution in [2.45, 2.75) is 114 Å². The third-order valence-corrected chi connectivity index (χ3v) is 9.89. The molecule has 3 aliphatic rings. The van der Waals surface area contributed by atoms with Crippen LogP contribution < -0.4 is 10.6 Å². The number of carbonyl (C=O) groups is 2. The topological polar surface area (TPSA) is 119 Å². The zero-order valence-electron chi connectivity index (χ0n) is 24.7. The number of carbonyl (C=O) groups excluding carboxylic acids is 2. The smallest absolute Gasteiger partial charge is 0.224 e. The van der Waals surface area contributed by atoms with Gasteiger partial charge in [0, 0.05) is 24.8 Å². The van der Waals surface area contributed by atoms with Crippen molar-refractivity contribution in [3.05, 3.63) is 65.2 Å². The fourth-order valence-electron chi connectivity index (χ4n) is 7.52. The quantitative estimate of drug-likeness (QED) is 0.241. The van der Waals surface area contributed by atoms with Gasteiger partial charge in [-0.2, -0.15) is 0 Å². The van der Waals surface area contributed by atoms with E-state index in [4.69, 9.17) is 0 Å². The Bertz CT molecular complexity index is 1170. The minimum absolute atomic E-state index is 0.00646. The number of aliphatic hydroxyl groups excluding tert-OH is 2. The molecule has 0 radical (unpaired) electrons. The van der Waals surface area contributed by atoms with E-state index in [9.17, 15) is 24.9 Å². The number of phenols is 1. The Morgan fingerprint density at radius 2 is 1.57 bits per heavy atom. The summed E-state index contributed by atoms with van der Waals surface area (Å²) < 4.78 is 0. The molecule has 3 aliphatic carbocycles. The van der Waals surface area contributed by atoms with Crippen LogP contribution in [-0.2, 0) is 22.4 Å². The van der Waals surface area contributed by atoms with Crippen LogP contribution in [0.3, 0.4) is 0 Å². The minimum atomic E-state index is -0.810. The van der Waals surface area contributed by atoms with Gasteiger partial charge in [0.15, 0.2) is 0 Å². The van der Waals surface area contributed by atoms with Gasteiger partial charge >= 0.3 is 0 Å². The van der Waals surface area contributed by atoms with E-state index in [1.165, 1.54) is 19.3 Å². The molecular weight excluding hydrogens is 528 g/mol. The number of fused-ring (bicyclic) bond motifs is 1. The molecule has 5 N–H and O–H groups in total. The van der Waals surface area contributed by atoms with E-state index in [1.807, 2.05) is 24.3 Å². The summed E-state index contributed by atoms with van der Waals surface area (Å²) in [7, 11) is 0. The van der Waals surface area contributed by atoms with Crippen molar-refractivity contribution < 1.29 is 24.9 Å². The molecule has 228 valence electrons. The first-order chi connectivity index (χ1) is 20.4. The SMILES string of the molecule is O=C(C[C@@H](CC1CCCCC1)[C@@H](O)C[C@@H](Cc1ccc(O)cc1)C(=O)N[C@H]1c2ccccc2C[C@H]1O)NC1CCCC1. The number of aromatic hydroxyl groups is 1. The summed E-state index contributed by atoms with van der Waals surface area (Å²) in [6, 6.07) is 14.3. The number of phenolic OH excluding ortho intramolecular Hbond substituents is 1. The molecule has 2 aromatic rings. The van der Waals surface area contributed by atoms with Crippen molar-refractivity contribution in [1.82, 2.24) is 10.6 Å². The van der Waals surface area contributed by atoms with E-state index in [2.05, 4.69) is 10.6 Å². The van der Waals surface area contributed by atoms with E-state index in [0.717, 1.165) is 61.6 Å². The fourth-order valence-corrected chi connectivity index (χ4v) is 7.52. The second-order valence-corrected chi connectivity index (χ2v) is 13.1. The number of hydrogen-bond donors (Lipinski definition) is 5. The molecule has 0 aromatic heterocycles. The Kier molecular flexibility index (Phi) is 10.6. The summed E-state index contributed by atoms with van der Waals surface area (Å²) in [5.41, 5.74) is 2.85. The molecule has 0 spiro atoms. The van der Waals surface area contributed by atoms with Crippen molar-refractivity contribution >= 4 is 11.8 Å². The Morgan fingerprint density at radius 1 is 0.881 bits per heavy atom. The highest BCUT2D eigenvalue weighted by molar-refractivity contribution is 5.80. The predicted octanol–water partition coefficient (Wildman–Crippen LogP) is 5.11. The van der Waals surface area contributed by atoms with Crippen molar-refractivity contribution in [3.8, 4) is 5.75 Å². The van der Waals surface area contributed by atoms with Crippen molar-refractivity contribution in [3.63, 3.8) is 0 Å². The molecule has 7 nitrogen and oxygen atoms in total. The third kappa shape index (κ3) is 8.13. The first-order valence-corrected chi connectivity index (χ1v) is 16.2. The summed E-state index contributed by atoms with van der Waals surface area (Å²) in [6.45, 7) is 0. The van der Waals surface area contributed by atoms with Crippen LogP contribution in [0, 0.1) is 17.8 Å².